The van der Waals surface area contributed by atoms with E-state index in [9.17, 15) is 4.79 Å². The molecule has 0 aliphatic heterocycles. The fourth-order valence-corrected chi connectivity index (χ4v) is 1.87. The summed E-state index contributed by atoms with van der Waals surface area (Å²) in [7, 11) is -1.61. The van der Waals surface area contributed by atoms with Gasteiger partial charge in [-0.15, -0.1) is 0 Å². The molecule has 2 rings (SSSR count). The summed E-state index contributed by atoms with van der Waals surface area (Å²) >= 11 is 3.35. The zero-order valence-corrected chi connectivity index (χ0v) is 11.0. The Morgan fingerprint density at radius 2 is 1.83 bits per heavy atom. The number of hydrogen-bond acceptors (Lipinski definition) is 3. The number of benzene rings is 1. The Labute approximate surface area is 113 Å². The van der Waals surface area contributed by atoms with E-state index in [1.165, 1.54) is 16.7 Å². The van der Waals surface area contributed by atoms with Crippen molar-refractivity contribution in [2.45, 2.75) is 6.54 Å². The van der Waals surface area contributed by atoms with Gasteiger partial charge in [0.05, 0.1) is 6.54 Å². The normalized spacial score (nSPS) is 10.4. The number of halogens is 1. The van der Waals surface area contributed by atoms with Crippen LogP contribution in [0.4, 0.5) is 0 Å². The van der Waals surface area contributed by atoms with Crippen molar-refractivity contribution in [3.05, 3.63) is 63.0 Å². The van der Waals surface area contributed by atoms with Crippen LogP contribution >= 0.6 is 15.9 Å². The molecule has 6 heteroatoms. The van der Waals surface area contributed by atoms with Gasteiger partial charge < -0.3 is 14.6 Å². The van der Waals surface area contributed by atoms with Crippen molar-refractivity contribution in [2.75, 3.05) is 0 Å². The van der Waals surface area contributed by atoms with E-state index >= 15 is 0 Å². The van der Waals surface area contributed by atoms with Crippen LogP contribution in [0.25, 0.3) is 0 Å². The third-order valence-corrected chi connectivity index (χ3v) is 3.11. The highest BCUT2D eigenvalue weighted by Crippen LogP contribution is 2.10. The molecule has 2 N–H and O–H groups in total. The second kappa shape index (κ2) is 5.52. The molecule has 0 unspecified atom stereocenters. The molecule has 0 spiro atoms. The smallest absolute Gasteiger partial charge is 0.423 e. The van der Waals surface area contributed by atoms with E-state index in [1.54, 1.807) is 6.20 Å². The van der Waals surface area contributed by atoms with Crippen molar-refractivity contribution in [2.24, 2.45) is 0 Å². The molecule has 0 amide bonds. The summed E-state index contributed by atoms with van der Waals surface area (Å²) in [5.74, 6) is 0. The SMILES string of the molecule is O=c1cc(B(O)O)ccn1Cc1ccc(Br)cc1. The lowest BCUT2D eigenvalue weighted by Gasteiger charge is -2.07. The van der Waals surface area contributed by atoms with Gasteiger partial charge in [0, 0.05) is 16.7 Å². The Morgan fingerprint density at radius 1 is 1.17 bits per heavy atom. The zero-order valence-electron chi connectivity index (χ0n) is 9.45. The fraction of sp³-hybridized carbons (Fsp3) is 0.0833. The maximum Gasteiger partial charge on any atom is 0.488 e. The van der Waals surface area contributed by atoms with Gasteiger partial charge in [-0.3, -0.25) is 4.79 Å². The Hall–Kier alpha value is -1.37. The standard InChI is InChI=1S/C12H11BBrNO3/c14-11-3-1-9(2-4-11)8-15-6-5-10(13(17)18)7-12(15)16/h1-7,17-18H,8H2. The minimum absolute atomic E-state index is 0.201. The minimum Gasteiger partial charge on any atom is -0.423 e. The minimum atomic E-state index is -1.61. The lowest BCUT2D eigenvalue weighted by atomic mass is 9.81. The summed E-state index contributed by atoms with van der Waals surface area (Å²) in [6, 6.07) is 10.4. The van der Waals surface area contributed by atoms with Gasteiger partial charge in [-0.2, -0.15) is 0 Å². The Balaban J connectivity index is 2.25. The zero-order chi connectivity index (χ0) is 13.1. The van der Waals surface area contributed by atoms with Crippen LogP contribution in [0.15, 0.2) is 51.9 Å². The highest BCUT2D eigenvalue weighted by molar-refractivity contribution is 9.10. The summed E-state index contributed by atoms with van der Waals surface area (Å²) in [4.78, 5) is 11.7. The molecule has 1 heterocycles. The molecule has 0 bridgehead atoms. The van der Waals surface area contributed by atoms with Gasteiger partial charge in [0.2, 0.25) is 5.56 Å². The number of aromatic nitrogens is 1. The molecule has 0 radical (unpaired) electrons. The first-order valence-electron chi connectivity index (χ1n) is 5.37. The van der Waals surface area contributed by atoms with Crippen LogP contribution in [-0.2, 0) is 6.54 Å². The molecule has 0 saturated heterocycles. The first-order valence-corrected chi connectivity index (χ1v) is 6.16. The van der Waals surface area contributed by atoms with Crippen molar-refractivity contribution in [1.29, 1.82) is 0 Å². The molecule has 0 aliphatic carbocycles. The molecule has 4 nitrogen and oxygen atoms in total. The highest BCUT2D eigenvalue weighted by atomic mass is 79.9. The summed E-state index contributed by atoms with van der Waals surface area (Å²) in [5, 5.41) is 17.9. The van der Waals surface area contributed by atoms with Gasteiger partial charge in [0.25, 0.3) is 0 Å². The van der Waals surface area contributed by atoms with Gasteiger partial charge in [-0.25, -0.2) is 0 Å². The van der Waals surface area contributed by atoms with Crippen LogP contribution in [0.1, 0.15) is 5.56 Å². The molecule has 1 aromatic carbocycles. The number of pyridine rings is 1. The van der Waals surface area contributed by atoms with Crippen LogP contribution < -0.4 is 11.0 Å². The lowest BCUT2D eigenvalue weighted by Crippen LogP contribution is -2.35. The Bertz CT molecular complexity index is 595. The molecule has 92 valence electrons. The molecule has 0 saturated carbocycles. The van der Waals surface area contributed by atoms with Crippen LogP contribution in [0.3, 0.4) is 0 Å². The molecule has 1 aromatic heterocycles. The first kappa shape index (κ1) is 13.1. The summed E-state index contributed by atoms with van der Waals surface area (Å²) in [6.07, 6.45) is 1.55. The predicted octanol–water partition coefficient (Wildman–Crippen LogP) is 0.339. The first-order chi connectivity index (χ1) is 8.56. The number of nitrogens with zero attached hydrogens (tertiary/aromatic N) is 1. The summed E-state index contributed by atoms with van der Waals surface area (Å²) in [6.45, 7) is 0.452. The molecular formula is C12H11BBrNO3. The van der Waals surface area contributed by atoms with Crippen molar-refractivity contribution in [1.82, 2.24) is 4.57 Å². The lowest BCUT2D eigenvalue weighted by molar-refractivity contribution is 0.425. The van der Waals surface area contributed by atoms with E-state index in [0.29, 0.717) is 6.54 Å². The highest BCUT2D eigenvalue weighted by Gasteiger charge is 2.11. The van der Waals surface area contributed by atoms with E-state index in [4.69, 9.17) is 10.0 Å². The Kier molecular flexibility index (Phi) is 4.01. The van der Waals surface area contributed by atoms with Gasteiger partial charge in [-0.05, 0) is 29.2 Å². The van der Waals surface area contributed by atoms with E-state index in [0.717, 1.165) is 10.0 Å². The quantitative estimate of drug-likeness (QED) is 0.804. The van der Waals surface area contributed by atoms with Crippen molar-refractivity contribution in [3.8, 4) is 0 Å². The van der Waals surface area contributed by atoms with Crippen LogP contribution in [0.2, 0.25) is 0 Å². The van der Waals surface area contributed by atoms with Gasteiger partial charge >= 0.3 is 7.12 Å². The van der Waals surface area contributed by atoms with Crippen LogP contribution in [0, 0.1) is 0 Å². The molecule has 0 fully saturated rings. The second-order valence-corrected chi connectivity index (χ2v) is 4.84. The average Bonchev–Trinajstić information content (AvgIpc) is 2.34. The molecular weight excluding hydrogens is 297 g/mol. The number of hydrogen-bond donors (Lipinski definition) is 2. The van der Waals surface area contributed by atoms with E-state index in [2.05, 4.69) is 15.9 Å². The van der Waals surface area contributed by atoms with Gasteiger partial charge in [0.1, 0.15) is 0 Å². The van der Waals surface area contributed by atoms with Gasteiger partial charge in [-0.1, -0.05) is 28.1 Å². The summed E-state index contributed by atoms with van der Waals surface area (Å²) in [5.41, 5.74) is 0.938. The molecule has 2 aromatic rings. The third-order valence-electron chi connectivity index (χ3n) is 2.58. The monoisotopic (exact) mass is 307 g/mol. The van der Waals surface area contributed by atoms with Crippen molar-refractivity contribution < 1.29 is 10.0 Å². The Morgan fingerprint density at radius 3 is 2.39 bits per heavy atom. The van der Waals surface area contributed by atoms with E-state index in [1.807, 2.05) is 24.3 Å². The maximum atomic E-state index is 11.7. The topological polar surface area (TPSA) is 62.5 Å². The maximum absolute atomic E-state index is 11.7. The molecule has 0 aliphatic rings. The van der Waals surface area contributed by atoms with E-state index < -0.39 is 7.12 Å². The average molecular weight is 308 g/mol. The second-order valence-electron chi connectivity index (χ2n) is 3.93. The third kappa shape index (κ3) is 3.10. The molecule has 18 heavy (non-hydrogen) atoms. The predicted molar refractivity (Wildman–Crippen MR) is 73.8 cm³/mol. The van der Waals surface area contributed by atoms with Crippen molar-refractivity contribution >= 4 is 28.5 Å². The van der Waals surface area contributed by atoms with Crippen LogP contribution in [-0.4, -0.2) is 21.7 Å². The summed E-state index contributed by atoms with van der Waals surface area (Å²) < 4.78 is 2.49. The van der Waals surface area contributed by atoms with Crippen molar-refractivity contribution in [3.63, 3.8) is 0 Å². The largest absolute Gasteiger partial charge is 0.488 e. The number of rotatable bonds is 3. The van der Waals surface area contributed by atoms with Crippen LogP contribution in [0.5, 0.6) is 0 Å². The molecule has 0 atom stereocenters. The van der Waals surface area contributed by atoms with E-state index in [-0.39, 0.29) is 11.0 Å². The van der Waals surface area contributed by atoms with Gasteiger partial charge in [0.15, 0.2) is 0 Å². The fourth-order valence-electron chi connectivity index (χ4n) is 1.60.